The molecule has 0 saturated carbocycles. The highest BCUT2D eigenvalue weighted by Gasteiger charge is 2.13. The van der Waals surface area contributed by atoms with Gasteiger partial charge in [0, 0.05) is 20.6 Å². The topological polar surface area (TPSA) is 46.8 Å². The summed E-state index contributed by atoms with van der Waals surface area (Å²) in [5.74, 6) is 0.899. The molecule has 0 aliphatic rings. The first-order valence-electron chi connectivity index (χ1n) is 7.54. The van der Waals surface area contributed by atoms with Crippen molar-refractivity contribution < 1.29 is 0 Å². The number of aryl methyl sites for hydroxylation is 1. The van der Waals surface area contributed by atoms with E-state index in [1.807, 2.05) is 13.2 Å². The van der Waals surface area contributed by atoms with Crippen LogP contribution in [-0.4, -0.2) is 26.8 Å². The van der Waals surface area contributed by atoms with Crippen molar-refractivity contribution in [1.82, 2.24) is 19.7 Å². The first-order valence-corrected chi connectivity index (χ1v) is 7.54. The third kappa shape index (κ3) is 2.30. The van der Waals surface area contributed by atoms with Crippen LogP contribution < -0.4 is 4.90 Å². The fraction of sp³-hybridized carbons (Fsp3) is 0.167. The molecule has 0 amide bonds. The Morgan fingerprint density at radius 3 is 2.74 bits per heavy atom. The number of aromatic nitrogens is 4. The number of anilines is 1. The Morgan fingerprint density at radius 2 is 1.83 bits per heavy atom. The SMILES string of the molecule is CN(Cc1cccc2ccccc12)c1ncnc2c1cnn2C. The Hall–Kier alpha value is -2.95. The smallest absolute Gasteiger partial charge is 0.163 e. The molecule has 2 aromatic carbocycles. The van der Waals surface area contributed by atoms with Gasteiger partial charge in [-0.3, -0.25) is 4.68 Å². The summed E-state index contributed by atoms with van der Waals surface area (Å²) < 4.78 is 1.77. The second kappa shape index (κ2) is 5.35. The molecule has 0 aliphatic heterocycles. The molecular weight excluding hydrogens is 286 g/mol. The highest BCUT2D eigenvalue weighted by atomic mass is 15.3. The van der Waals surface area contributed by atoms with Crippen LogP contribution in [0.1, 0.15) is 5.56 Å². The van der Waals surface area contributed by atoms with Crippen LogP contribution in [0.2, 0.25) is 0 Å². The lowest BCUT2D eigenvalue weighted by Gasteiger charge is -2.19. The average molecular weight is 303 g/mol. The van der Waals surface area contributed by atoms with Crippen molar-refractivity contribution in [2.75, 3.05) is 11.9 Å². The predicted molar refractivity (Wildman–Crippen MR) is 92.4 cm³/mol. The molecule has 0 radical (unpaired) electrons. The monoisotopic (exact) mass is 303 g/mol. The molecule has 4 aromatic rings. The quantitative estimate of drug-likeness (QED) is 0.583. The van der Waals surface area contributed by atoms with E-state index in [1.54, 1.807) is 11.0 Å². The van der Waals surface area contributed by atoms with Crippen LogP contribution in [0, 0.1) is 0 Å². The van der Waals surface area contributed by atoms with E-state index in [0.29, 0.717) is 0 Å². The summed E-state index contributed by atoms with van der Waals surface area (Å²) in [4.78, 5) is 10.9. The van der Waals surface area contributed by atoms with Crippen LogP contribution in [0.5, 0.6) is 0 Å². The molecule has 0 unspecified atom stereocenters. The second-order valence-corrected chi connectivity index (χ2v) is 5.70. The van der Waals surface area contributed by atoms with Crippen LogP contribution >= 0.6 is 0 Å². The van der Waals surface area contributed by atoms with Gasteiger partial charge in [-0.15, -0.1) is 0 Å². The van der Waals surface area contributed by atoms with E-state index in [4.69, 9.17) is 0 Å². The number of benzene rings is 2. The highest BCUT2D eigenvalue weighted by Crippen LogP contribution is 2.25. The van der Waals surface area contributed by atoms with E-state index < -0.39 is 0 Å². The number of nitrogens with zero attached hydrogens (tertiary/aromatic N) is 5. The van der Waals surface area contributed by atoms with Gasteiger partial charge in [-0.1, -0.05) is 42.5 Å². The van der Waals surface area contributed by atoms with E-state index in [1.165, 1.54) is 16.3 Å². The van der Waals surface area contributed by atoms with Crippen molar-refractivity contribution in [1.29, 1.82) is 0 Å². The van der Waals surface area contributed by atoms with Gasteiger partial charge in [0.05, 0.1) is 11.6 Å². The van der Waals surface area contributed by atoms with Crippen LogP contribution in [0.4, 0.5) is 5.82 Å². The van der Waals surface area contributed by atoms with Gasteiger partial charge in [-0.25, -0.2) is 9.97 Å². The maximum atomic E-state index is 4.46. The Kier molecular flexibility index (Phi) is 3.19. The number of rotatable bonds is 3. The van der Waals surface area contributed by atoms with Crippen LogP contribution in [0.15, 0.2) is 55.0 Å². The molecule has 0 N–H and O–H groups in total. The number of fused-ring (bicyclic) bond motifs is 2. The molecule has 2 heterocycles. The summed E-state index contributed by atoms with van der Waals surface area (Å²) >= 11 is 0. The summed E-state index contributed by atoms with van der Waals surface area (Å²) in [6.45, 7) is 0.780. The third-order valence-corrected chi connectivity index (χ3v) is 4.16. The van der Waals surface area contributed by atoms with Gasteiger partial charge in [0.15, 0.2) is 5.65 Å². The highest BCUT2D eigenvalue weighted by molar-refractivity contribution is 5.88. The third-order valence-electron chi connectivity index (χ3n) is 4.16. The van der Waals surface area contributed by atoms with Crippen molar-refractivity contribution in [2.45, 2.75) is 6.54 Å². The summed E-state index contributed by atoms with van der Waals surface area (Å²) in [5.41, 5.74) is 2.13. The summed E-state index contributed by atoms with van der Waals surface area (Å²) in [6, 6.07) is 14.9. The fourth-order valence-corrected chi connectivity index (χ4v) is 3.01. The van der Waals surface area contributed by atoms with Gasteiger partial charge in [0.1, 0.15) is 12.1 Å². The largest absolute Gasteiger partial charge is 0.355 e. The van der Waals surface area contributed by atoms with Crippen molar-refractivity contribution >= 4 is 27.6 Å². The number of hydrogen-bond acceptors (Lipinski definition) is 4. The minimum absolute atomic E-state index is 0.780. The Bertz CT molecular complexity index is 984. The lowest BCUT2D eigenvalue weighted by molar-refractivity contribution is 0.785. The zero-order chi connectivity index (χ0) is 15.8. The van der Waals surface area contributed by atoms with E-state index in [2.05, 4.69) is 69.5 Å². The summed E-state index contributed by atoms with van der Waals surface area (Å²) in [6.07, 6.45) is 3.42. The Balaban J connectivity index is 1.75. The molecule has 23 heavy (non-hydrogen) atoms. The van der Waals surface area contributed by atoms with E-state index >= 15 is 0 Å². The summed E-state index contributed by atoms with van der Waals surface area (Å²) in [5, 5.41) is 7.79. The van der Waals surface area contributed by atoms with Gasteiger partial charge < -0.3 is 4.90 Å². The van der Waals surface area contributed by atoms with Crippen molar-refractivity contribution in [2.24, 2.45) is 7.05 Å². The van der Waals surface area contributed by atoms with Crippen LogP contribution in [-0.2, 0) is 13.6 Å². The van der Waals surface area contributed by atoms with Crippen LogP contribution in [0.25, 0.3) is 21.8 Å². The molecule has 0 atom stereocenters. The molecule has 5 heteroatoms. The molecule has 0 aliphatic carbocycles. The second-order valence-electron chi connectivity index (χ2n) is 5.70. The molecule has 0 fully saturated rings. The lowest BCUT2D eigenvalue weighted by atomic mass is 10.0. The van der Waals surface area contributed by atoms with E-state index in [0.717, 1.165) is 23.4 Å². The molecule has 5 nitrogen and oxygen atoms in total. The van der Waals surface area contributed by atoms with Gasteiger partial charge in [-0.05, 0) is 16.3 Å². The van der Waals surface area contributed by atoms with E-state index in [9.17, 15) is 0 Å². The summed E-state index contributed by atoms with van der Waals surface area (Å²) in [7, 11) is 3.94. The fourth-order valence-electron chi connectivity index (χ4n) is 3.01. The normalized spacial score (nSPS) is 11.2. The Morgan fingerprint density at radius 1 is 1.00 bits per heavy atom. The first kappa shape index (κ1) is 13.7. The lowest BCUT2D eigenvalue weighted by Crippen LogP contribution is -2.18. The van der Waals surface area contributed by atoms with Gasteiger partial charge >= 0.3 is 0 Å². The van der Waals surface area contributed by atoms with Crippen molar-refractivity contribution in [3.63, 3.8) is 0 Å². The Labute approximate surface area is 134 Å². The molecular formula is C18H17N5. The zero-order valence-corrected chi connectivity index (χ0v) is 13.1. The van der Waals surface area contributed by atoms with Gasteiger partial charge in [0.25, 0.3) is 0 Å². The molecule has 0 saturated heterocycles. The average Bonchev–Trinajstić information content (AvgIpc) is 2.96. The molecule has 2 aromatic heterocycles. The first-order chi connectivity index (χ1) is 11.2. The minimum Gasteiger partial charge on any atom is -0.355 e. The maximum absolute atomic E-state index is 4.46. The number of hydrogen-bond donors (Lipinski definition) is 0. The zero-order valence-electron chi connectivity index (χ0n) is 13.1. The molecule has 4 rings (SSSR count). The molecule has 0 spiro atoms. The van der Waals surface area contributed by atoms with E-state index in [-0.39, 0.29) is 0 Å². The maximum Gasteiger partial charge on any atom is 0.163 e. The van der Waals surface area contributed by atoms with Crippen molar-refractivity contribution in [3.8, 4) is 0 Å². The van der Waals surface area contributed by atoms with Gasteiger partial charge in [0.2, 0.25) is 0 Å². The van der Waals surface area contributed by atoms with Crippen molar-refractivity contribution in [3.05, 3.63) is 60.6 Å². The standard InChI is InChI=1S/C18H17N5/c1-22(17-16-10-21-23(2)18(16)20-12-19-17)11-14-8-5-7-13-6-3-4-9-15(13)14/h3-10,12H,11H2,1-2H3. The minimum atomic E-state index is 0.780. The molecule has 0 bridgehead atoms. The van der Waals surface area contributed by atoms with Gasteiger partial charge in [-0.2, -0.15) is 5.10 Å². The van der Waals surface area contributed by atoms with Crippen LogP contribution in [0.3, 0.4) is 0 Å². The molecule has 114 valence electrons. The predicted octanol–water partition coefficient (Wildman–Crippen LogP) is 3.15.